The monoisotopic (exact) mass is 240 g/mol. The molecule has 0 aromatic carbocycles. The summed E-state index contributed by atoms with van der Waals surface area (Å²) < 4.78 is 5.55. The maximum atomic E-state index is 6.14. The van der Waals surface area contributed by atoms with Gasteiger partial charge in [0.05, 0.1) is 6.10 Å². The van der Waals surface area contributed by atoms with Crippen LogP contribution in [0.2, 0.25) is 0 Å². The van der Waals surface area contributed by atoms with Crippen LogP contribution in [-0.4, -0.2) is 43.3 Å². The highest BCUT2D eigenvalue weighted by atomic mass is 16.5. The lowest BCUT2D eigenvalue weighted by Gasteiger charge is -2.50. The first-order valence-electron chi connectivity index (χ1n) is 7.18. The third-order valence-corrected chi connectivity index (χ3v) is 4.83. The molecule has 0 aromatic heterocycles. The van der Waals surface area contributed by atoms with Crippen molar-refractivity contribution >= 4 is 0 Å². The molecule has 2 rings (SSSR count). The van der Waals surface area contributed by atoms with Crippen LogP contribution in [-0.2, 0) is 4.74 Å². The molecule has 3 heteroatoms. The summed E-state index contributed by atoms with van der Waals surface area (Å²) in [6.45, 7) is 5.49. The number of likely N-dealkylation sites (tertiary alicyclic amines) is 1. The van der Waals surface area contributed by atoms with Crippen LogP contribution in [0.4, 0.5) is 0 Å². The quantitative estimate of drug-likeness (QED) is 0.820. The number of nitrogens with zero attached hydrogens (tertiary/aromatic N) is 1. The molecule has 2 fully saturated rings. The molecule has 1 saturated heterocycles. The Morgan fingerprint density at radius 2 is 2.18 bits per heavy atom. The molecule has 1 aliphatic heterocycles. The number of methoxy groups -OCH3 is 1. The van der Waals surface area contributed by atoms with E-state index in [-0.39, 0.29) is 5.54 Å². The van der Waals surface area contributed by atoms with Crippen molar-refractivity contribution in [2.75, 3.05) is 26.7 Å². The van der Waals surface area contributed by atoms with E-state index in [1.165, 1.54) is 45.1 Å². The highest BCUT2D eigenvalue weighted by Crippen LogP contribution is 2.37. The van der Waals surface area contributed by atoms with Crippen molar-refractivity contribution in [2.24, 2.45) is 11.7 Å². The fraction of sp³-hybridized carbons (Fsp3) is 1.00. The van der Waals surface area contributed by atoms with Crippen LogP contribution < -0.4 is 5.73 Å². The lowest BCUT2D eigenvalue weighted by atomic mass is 9.74. The summed E-state index contributed by atoms with van der Waals surface area (Å²) in [5.74, 6) is 0.829. The molecule has 3 atom stereocenters. The zero-order valence-electron chi connectivity index (χ0n) is 11.5. The van der Waals surface area contributed by atoms with Crippen LogP contribution in [0, 0.1) is 5.92 Å². The number of hydrogen-bond acceptors (Lipinski definition) is 3. The summed E-state index contributed by atoms with van der Waals surface area (Å²) in [6.07, 6.45) is 8.17. The maximum absolute atomic E-state index is 6.14. The molecule has 2 aliphatic rings. The first-order chi connectivity index (χ1) is 8.20. The average molecular weight is 240 g/mol. The number of nitrogens with two attached hydrogens (primary N) is 1. The predicted octanol–water partition coefficient (Wildman–Crippen LogP) is 2.00. The first-order valence-corrected chi connectivity index (χ1v) is 7.18. The Balaban J connectivity index is 2.05. The molecule has 0 bridgehead atoms. The van der Waals surface area contributed by atoms with Crippen molar-refractivity contribution in [1.29, 1.82) is 0 Å². The molecular weight excluding hydrogens is 212 g/mol. The van der Waals surface area contributed by atoms with E-state index in [2.05, 4.69) is 11.8 Å². The summed E-state index contributed by atoms with van der Waals surface area (Å²) in [4.78, 5) is 2.64. The van der Waals surface area contributed by atoms with Crippen molar-refractivity contribution < 1.29 is 4.74 Å². The van der Waals surface area contributed by atoms with Crippen molar-refractivity contribution in [3.05, 3.63) is 0 Å². The van der Waals surface area contributed by atoms with Crippen molar-refractivity contribution in [3.8, 4) is 0 Å². The molecule has 17 heavy (non-hydrogen) atoms. The number of hydrogen-bond donors (Lipinski definition) is 1. The molecule has 3 nitrogen and oxygen atoms in total. The second kappa shape index (κ2) is 5.68. The lowest BCUT2D eigenvalue weighted by Crippen LogP contribution is -2.59. The van der Waals surface area contributed by atoms with Gasteiger partial charge < -0.3 is 10.5 Å². The van der Waals surface area contributed by atoms with Crippen LogP contribution in [0.5, 0.6) is 0 Å². The Labute approximate surface area is 106 Å². The van der Waals surface area contributed by atoms with Gasteiger partial charge in [0, 0.05) is 25.7 Å². The Bertz CT molecular complexity index is 246. The van der Waals surface area contributed by atoms with E-state index in [1.54, 1.807) is 0 Å². The van der Waals surface area contributed by atoms with Gasteiger partial charge in [-0.15, -0.1) is 0 Å². The van der Waals surface area contributed by atoms with Gasteiger partial charge in [-0.2, -0.15) is 0 Å². The predicted molar refractivity (Wildman–Crippen MR) is 71.0 cm³/mol. The van der Waals surface area contributed by atoms with Crippen LogP contribution in [0.15, 0.2) is 0 Å². The minimum absolute atomic E-state index is 0.273. The highest BCUT2D eigenvalue weighted by Gasteiger charge is 2.40. The minimum atomic E-state index is 0.273. The van der Waals surface area contributed by atoms with Crippen LogP contribution in [0.25, 0.3) is 0 Å². The van der Waals surface area contributed by atoms with E-state index in [9.17, 15) is 0 Å². The number of ether oxygens (including phenoxy) is 1. The number of piperidine rings is 1. The van der Waals surface area contributed by atoms with Gasteiger partial charge in [-0.3, -0.25) is 4.90 Å². The minimum Gasteiger partial charge on any atom is -0.380 e. The van der Waals surface area contributed by atoms with E-state index < -0.39 is 0 Å². The molecule has 0 radical (unpaired) electrons. The molecular formula is C14H28N2O. The Morgan fingerprint density at radius 3 is 2.82 bits per heavy atom. The Morgan fingerprint density at radius 1 is 1.35 bits per heavy atom. The average Bonchev–Trinajstić information content (AvgIpc) is 2.38. The van der Waals surface area contributed by atoms with Crippen LogP contribution in [0.1, 0.15) is 45.4 Å². The van der Waals surface area contributed by atoms with Crippen LogP contribution >= 0.6 is 0 Å². The molecule has 3 unspecified atom stereocenters. The third kappa shape index (κ3) is 2.83. The molecule has 1 heterocycles. The molecule has 1 aliphatic carbocycles. The molecule has 100 valence electrons. The van der Waals surface area contributed by atoms with Gasteiger partial charge in [-0.05, 0) is 38.1 Å². The van der Waals surface area contributed by atoms with E-state index in [4.69, 9.17) is 10.5 Å². The lowest BCUT2D eigenvalue weighted by molar-refractivity contribution is -0.0371. The van der Waals surface area contributed by atoms with Gasteiger partial charge in [0.25, 0.3) is 0 Å². The Kier molecular flexibility index (Phi) is 4.45. The standard InChI is InChI=1S/C14H28N2O/c1-12-5-3-7-14(9-12,11-15)16-8-4-6-13(10-16)17-2/h12-13H,3-11,15H2,1-2H3. The molecule has 1 saturated carbocycles. The van der Waals surface area contributed by atoms with Gasteiger partial charge in [0.1, 0.15) is 0 Å². The van der Waals surface area contributed by atoms with Gasteiger partial charge in [-0.1, -0.05) is 19.8 Å². The van der Waals surface area contributed by atoms with Crippen molar-refractivity contribution in [3.63, 3.8) is 0 Å². The molecule has 0 spiro atoms. The zero-order valence-corrected chi connectivity index (χ0v) is 11.5. The van der Waals surface area contributed by atoms with E-state index in [0.717, 1.165) is 19.0 Å². The summed E-state index contributed by atoms with van der Waals surface area (Å²) in [5.41, 5.74) is 6.41. The summed E-state index contributed by atoms with van der Waals surface area (Å²) >= 11 is 0. The Hall–Kier alpha value is -0.120. The summed E-state index contributed by atoms with van der Waals surface area (Å²) in [5, 5.41) is 0. The first kappa shape index (κ1) is 13.3. The topological polar surface area (TPSA) is 38.5 Å². The normalized spacial score (nSPS) is 40.4. The molecule has 0 aromatic rings. The summed E-state index contributed by atoms with van der Waals surface area (Å²) in [7, 11) is 1.84. The number of rotatable bonds is 3. The second-order valence-corrected chi connectivity index (χ2v) is 6.08. The zero-order chi connectivity index (χ0) is 12.3. The van der Waals surface area contributed by atoms with E-state index in [0.29, 0.717) is 6.10 Å². The fourth-order valence-corrected chi connectivity index (χ4v) is 3.80. The van der Waals surface area contributed by atoms with E-state index in [1.807, 2.05) is 7.11 Å². The third-order valence-electron chi connectivity index (χ3n) is 4.83. The smallest absolute Gasteiger partial charge is 0.0698 e. The largest absolute Gasteiger partial charge is 0.380 e. The van der Waals surface area contributed by atoms with Gasteiger partial charge in [0.2, 0.25) is 0 Å². The highest BCUT2D eigenvalue weighted by molar-refractivity contribution is 4.97. The molecule has 0 amide bonds. The maximum Gasteiger partial charge on any atom is 0.0698 e. The van der Waals surface area contributed by atoms with Crippen molar-refractivity contribution in [1.82, 2.24) is 4.90 Å². The van der Waals surface area contributed by atoms with Gasteiger partial charge in [-0.25, -0.2) is 0 Å². The SMILES string of the molecule is COC1CCCN(C2(CN)CCCC(C)C2)C1. The van der Waals surface area contributed by atoms with Gasteiger partial charge >= 0.3 is 0 Å². The van der Waals surface area contributed by atoms with Crippen molar-refractivity contribution in [2.45, 2.75) is 57.1 Å². The second-order valence-electron chi connectivity index (χ2n) is 6.08. The summed E-state index contributed by atoms with van der Waals surface area (Å²) in [6, 6.07) is 0. The fourth-order valence-electron chi connectivity index (χ4n) is 3.80. The molecule has 2 N–H and O–H groups in total. The van der Waals surface area contributed by atoms with Crippen LogP contribution in [0.3, 0.4) is 0 Å². The van der Waals surface area contributed by atoms with Gasteiger partial charge in [0.15, 0.2) is 0 Å². The van der Waals surface area contributed by atoms with E-state index >= 15 is 0 Å².